The van der Waals surface area contributed by atoms with E-state index in [2.05, 4.69) is 20.2 Å². The summed E-state index contributed by atoms with van der Waals surface area (Å²) >= 11 is 1.39. The van der Waals surface area contributed by atoms with E-state index in [1.165, 1.54) is 11.3 Å². The lowest BCUT2D eigenvalue weighted by Gasteiger charge is -2.26. The van der Waals surface area contributed by atoms with Gasteiger partial charge in [0.1, 0.15) is 9.88 Å². The summed E-state index contributed by atoms with van der Waals surface area (Å²) in [5, 5.41) is 3.76. The highest BCUT2D eigenvalue weighted by Crippen LogP contribution is 2.26. The second-order valence-corrected chi connectivity index (χ2v) is 6.36. The molecule has 6 nitrogen and oxygen atoms in total. The standard InChI is InChI=1S/C16H20N4O2S/c1-12-14(23-16(19-12)13-4-2-3-5-17-13)15(21)18-6-7-20-8-10-22-11-9-20/h2-5H,6-11H2,1H3,(H,18,21). The van der Waals surface area contributed by atoms with Gasteiger partial charge in [0.05, 0.1) is 24.6 Å². The normalized spacial score (nSPS) is 15.5. The van der Waals surface area contributed by atoms with Gasteiger partial charge in [0.15, 0.2) is 0 Å². The molecule has 0 aliphatic carbocycles. The minimum Gasteiger partial charge on any atom is -0.379 e. The third-order valence-electron chi connectivity index (χ3n) is 3.70. The zero-order valence-electron chi connectivity index (χ0n) is 13.1. The SMILES string of the molecule is Cc1nc(-c2ccccn2)sc1C(=O)NCCN1CCOCC1. The lowest BCUT2D eigenvalue weighted by Crippen LogP contribution is -2.41. The first-order valence-electron chi connectivity index (χ1n) is 7.71. The Morgan fingerprint density at radius 2 is 2.22 bits per heavy atom. The molecule has 0 spiro atoms. The highest BCUT2D eigenvalue weighted by atomic mass is 32.1. The number of carbonyl (C=O) groups is 1. The van der Waals surface area contributed by atoms with Crippen molar-refractivity contribution in [3.63, 3.8) is 0 Å². The Morgan fingerprint density at radius 3 is 2.96 bits per heavy atom. The Bertz CT molecular complexity index is 653. The molecule has 1 saturated heterocycles. The molecule has 0 unspecified atom stereocenters. The van der Waals surface area contributed by atoms with Crippen LogP contribution in [0.2, 0.25) is 0 Å². The van der Waals surface area contributed by atoms with Gasteiger partial charge in [-0.3, -0.25) is 14.7 Å². The molecule has 1 amide bonds. The summed E-state index contributed by atoms with van der Waals surface area (Å²) < 4.78 is 5.32. The molecule has 3 heterocycles. The molecule has 122 valence electrons. The summed E-state index contributed by atoms with van der Waals surface area (Å²) in [6.45, 7) is 6.75. The van der Waals surface area contributed by atoms with E-state index in [0.717, 1.165) is 49.2 Å². The summed E-state index contributed by atoms with van der Waals surface area (Å²) in [6, 6.07) is 5.68. The van der Waals surface area contributed by atoms with Gasteiger partial charge >= 0.3 is 0 Å². The quantitative estimate of drug-likeness (QED) is 0.900. The van der Waals surface area contributed by atoms with E-state index in [-0.39, 0.29) is 5.91 Å². The number of hydrogen-bond acceptors (Lipinski definition) is 6. The highest BCUT2D eigenvalue weighted by molar-refractivity contribution is 7.17. The maximum Gasteiger partial charge on any atom is 0.263 e. The van der Waals surface area contributed by atoms with Gasteiger partial charge in [-0.05, 0) is 19.1 Å². The second kappa shape index (κ2) is 7.63. The van der Waals surface area contributed by atoms with Crippen molar-refractivity contribution in [2.24, 2.45) is 0 Å². The molecular weight excluding hydrogens is 312 g/mol. The summed E-state index contributed by atoms with van der Waals surface area (Å²) in [5.74, 6) is -0.0598. The van der Waals surface area contributed by atoms with Crippen molar-refractivity contribution in [2.45, 2.75) is 6.92 Å². The van der Waals surface area contributed by atoms with E-state index < -0.39 is 0 Å². The van der Waals surface area contributed by atoms with Crippen LogP contribution in [0.5, 0.6) is 0 Å². The van der Waals surface area contributed by atoms with Crippen LogP contribution in [0.1, 0.15) is 15.4 Å². The average molecular weight is 332 g/mol. The summed E-state index contributed by atoms with van der Waals surface area (Å²) in [6.07, 6.45) is 1.73. The molecule has 1 fully saturated rings. The smallest absolute Gasteiger partial charge is 0.263 e. The Balaban J connectivity index is 1.58. The van der Waals surface area contributed by atoms with Crippen LogP contribution >= 0.6 is 11.3 Å². The van der Waals surface area contributed by atoms with E-state index in [0.29, 0.717) is 11.4 Å². The zero-order valence-corrected chi connectivity index (χ0v) is 13.9. The number of nitrogens with zero attached hydrogens (tertiary/aromatic N) is 3. The largest absolute Gasteiger partial charge is 0.379 e. The van der Waals surface area contributed by atoms with Gasteiger partial charge in [-0.1, -0.05) is 6.07 Å². The van der Waals surface area contributed by atoms with E-state index in [1.807, 2.05) is 25.1 Å². The van der Waals surface area contributed by atoms with E-state index in [1.54, 1.807) is 6.20 Å². The number of rotatable bonds is 5. The number of aryl methyl sites for hydroxylation is 1. The molecule has 3 rings (SSSR count). The number of aromatic nitrogens is 2. The highest BCUT2D eigenvalue weighted by Gasteiger charge is 2.17. The van der Waals surface area contributed by atoms with Crippen molar-refractivity contribution >= 4 is 17.2 Å². The van der Waals surface area contributed by atoms with E-state index >= 15 is 0 Å². The van der Waals surface area contributed by atoms with Gasteiger partial charge in [-0.2, -0.15) is 0 Å². The van der Waals surface area contributed by atoms with Crippen LogP contribution in [0.15, 0.2) is 24.4 Å². The monoisotopic (exact) mass is 332 g/mol. The molecule has 0 aromatic carbocycles. The van der Waals surface area contributed by atoms with E-state index in [9.17, 15) is 4.79 Å². The zero-order chi connectivity index (χ0) is 16.1. The molecule has 0 atom stereocenters. The number of nitrogens with one attached hydrogen (secondary N) is 1. The molecule has 2 aromatic rings. The van der Waals surface area contributed by atoms with Gasteiger partial charge in [0, 0.05) is 32.4 Å². The molecule has 1 N–H and O–H groups in total. The number of thiazole rings is 1. The fraction of sp³-hybridized carbons (Fsp3) is 0.438. The molecule has 0 saturated carbocycles. The number of amides is 1. The fourth-order valence-electron chi connectivity index (χ4n) is 2.44. The van der Waals surface area contributed by atoms with Crippen molar-refractivity contribution in [3.05, 3.63) is 35.0 Å². The Labute approximate surface area is 139 Å². The van der Waals surface area contributed by atoms with Crippen molar-refractivity contribution in [3.8, 4) is 10.7 Å². The number of ether oxygens (including phenoxy) is 1. The molecule has 0 radical (unpaired) electrons. The van der Waals surface area contributed by atoms with Gasteiger partial charge in [-0.15, -0.1) is 11.3 Å². The summed E-state index contributed by atoms with van der Waals surface area (Å²) in [4.78, 5) is 24.1. The minimum absolute atomic E-state index is 0.0598. The van der Waals surface area contributed by atoms with Crippen LogP contribution in [0.3, 0.4) is 0 Å². The van der Waals surface area contributed by atoms with Gasteiger partial charge in [0.25, 0.3) is 5.91 Å². The topological polar surface area (TPSA) is 67.4 Å². The van der Waals surface area contributed by atoms with Crippen molar-refractivity contribution in [1.82, 2.24) is 20.2 Å². The maximum absolute atomic E-state index is 12.3. The number of hydrogen-bond donors (Lipinski definition) is 1. The molecule has 0 bridgehead atoms. The summed E-state index contributed by atoms with van der Waals surface area (Å²) in [5.41, 5.74) is 1.55. The predicted octanol–water partition coefficient (Wildman–Crippen LogP) is 1.58. The van der Waals surface area contributed by atoms with Crippen LogP contribution in [0, 0.1) is 6.92 Å². The Morgan fingerprint density at radius 1 is 1.39 bits per heavy atom. The first-order chi connectivity index (χ1) is 11.2. The lowest BCUT2D eigenvalue weighted by molar-refractivity contribution is 0.0383. The Kier molecular flexibility index (Phi) is 5.32. The summed E-state index contributed by atoms with van der Waals surface area (Å²) in [7, 11) is 0. The predicted molar refractivity (Wildman–Crippen MR) is 89.7 cm³/mol. The molecule has 1 aliphatic heterocycles. The Hall–Kier alpha value is -1.83. The van der Waals surface area contributed by atoms with Crippen LogP contribution in [0.25, 0.3) is 10.7 Å². The molecule has 2 aromatic heterocycles. The second-order valence-electron chi connectivity index (χ2n) is 5.36. The van der Waals surface area contributed by atoms with Gasteiger partial charge in [-0.25, -0.2) is 4.98 Å². The third-order valence-corrected chi connectivity index (χ3v) is 4.88. The third kappa shape index (κ3) is 4.13. The minimum atomic E-state index is -0.0598. The van der Waals surface area contributed by atoms with Crippen molar-refractivity contribution in [2.75, 3.05) is 39.4 Å². The van der Waals surface area contributed by atoms with Crippen LogP contribution in [-0.4, -0.2) is 60.2 Å². The van der Waals surface area contributed by atoms with Crippen LogP contribution in [0.4, 0.5) is 0 Å². The van der Waals surface area contributed by atoms with Crippen molar-refractivity contribution < 1.29 is 9.53 Å². The number of pyridine rings is 1. The molecule has 23 heavy (non-hydrogen) atoms. The van der Waals surface area contributed by atoms with Gasteiger partial charge < -0.3 is 10.1 Å². The molecule has 7 heteroatoms. The average Bonchev–Trinajstić information content (AvgIpc) is 2.98. The first-order valence-corrected chi connectivity index (χ1v) is 8.53. The molecular formula is C16H20N4O2S. The lowest BCUT2D eigenvalue weighted by atomic mass is 10.3. The van der Waals surface area contributed by atoms with Crippen LogP contribution < -0.4 is 5.32 Å². The van der Waals surface area contributed by atoms with Crippen LogP contribution in [-0.2, 0) is 4.74 Å². The molecule has 1 aliphatic rings. The first kappa shape index (κ1) is 16.0. The fourth-order valence-corrected chi connectivity index (χ4v) is 3.40. The maximum atomic E-state index is 12.3. The van der Waals surface area contributed by atoms with E-state index in [4.69, 9.17) is 4.74 Å². The number of carbonyl (C=O) groups excluding carboxylic acids is 1. The number of morpholine rings is 1. The van der Waals surface area contributed by atoms with Crippen molar-refractivity contribution in [1.29, 1.82) is 0 Å². The van der Waals surface area contributed by atoms with Gasteiger partial charge in [0.2, 0.25) is 0 Å².